The van der Waals surface area contributed by atoms with Gasteiger partial charge in [0.05, 0.1) is 19.0 Å². The lowest BCUT2D eigenvalue weighted by Crippen LogP contribution is -2.54. The van der Waals surface area contributed by atoms with Crippen LogP contribution in [0.1, 0.15) is 48.5 Å². The average molecular weight is 515 g/mol. The van der Waals surface area contributed by atoms with Crippen LogP contribution in [-0.2, 0) is 11.2 Å². The van der Waals surface area contributed by atoms with E-state index in [1.807, 2.05) is 37.3 Å². The van der Waals surface area contributed by atoms with Crippen molar-refractivity contribution in [3.05, 3.63) is 65.9 Å². The number of fused-ring (bicyclic) bond motifs is 1. The maximum atomic E-state index is 12.9. The summed E-state index contributed by atoms with van der Waals surface area (Å²) >= 11 is 0. The van der Waals surface area contributed by atoms with Crippen molar-refractivity contribution in [3.8, 4) is 5.75 Å². The molecular formula is C29H34N6O3. The lowest BCUT2D eigenvalue weighted by Gasteiger charge is -2.42. The predicted molar refractivity (Wildman–Crippen MR) is 148 cm³/mol. The molecule has 0 bridgehead atoms. The smallest absolute Gasteiger partial charge is 0.251 e. The molecule has 2 aliphatic rings. The van der Waals surface area contributed by atoms with Crippen molar-refractivity contribution in [1.29, 1.82) is 0 Å². The molecule has 1 fully saturated rings. The largest absolute Gasteiger partial charge is 0.495 e. The van der Waals surface area contributed by atoms with Gasteiger partial charge in [0.2, 0.25) is 11.9 Å². The third-order valence-electron chi connectivity index (χ3n) is 7.43. The van der Waals surface area contributed by atoms with Crippen LogP contribution in [0.3, 0.4) is 0 Å². The van der Waals surface area contributed by atoms with Crippen molar-refractivity contribution in [3.63, 3.8) is 0 Å². The molecule has 1 atom stereocenters. The van der Waals surface area contributed by atoms with Gasteiger partial charge in [0.15, 0.2) is 5.82 Å². The van der Waals surface area contributed by atoms with Crippen LogP contribution in [0.4, 0.5) is 23.1 Å². The molecule has 5 rings (SSSR count). The third-order valence-corrected chi connectivity index (χ3v) is 7.43. The van der Waals surface area contributed by atoms with Crippen LogP contribution in [0.25, 0.3) is 0 Å². The summed E-state index contributed by atoms with van der Waals surface area (Å²) in [6, 6.07) is 15.3. The summed E-state index contributed by atoms with van der Waals surface area (Å²) < 4.78 is 5.58. The lowest BCUT2D eigenvalue weighted by atomic mass is 10.1. The van der Waals surface area contributed by atoms with Gasteiger partial charge in [0, 0.05) is 25.2 Å². The van der Waals surface area contributed by atoms with E-state index < -0.39 is 0 Å². The second-order valence-corrected chi connectivity index (χ2v) is 9.85. The number of anilines is 4. The Hall–Kier alpha value is -4.14. The quantitative estimate of drug-likeness (QED) is 0.462. The van der Waals surface area contributed by atoms with Crippen LogP contribution in [0.15, 0.2) is 54.7 Å². The number of carbonyl (C=O) groups excluding carboxylic acids is 2. The Morgan fingerprint density at radius 2 is 1.89 bits per heavy atom. The van der Waals surface area contributed by atoms with Crippen LogP contribution in [0.5, 0.6) is 5.75 Å². The second-order valence-electron chi connectivity index (χ2n) is 9.85. The van der Waals surface area contributed by atoms with E-state index in [4.69, 9.17) is 9.72 Å². The Morgan fingerprint density at radius 1 is 1.13 bits per heavy atom. The topological polar surface area (TPSA) is 99.7 Å². The van der Waals surface area contributed by atoms with Crippen molar-refractivity contribution in [2.75, 3.05) is 35.8 Å². The summed E-state index contributed by atoms with van der Waals surface area (Å²) in [5, 5.41) is 6.22. The first-order valence-electron chi connectivity index (χ1n) is 13.2. The molecule has 1 aliphatic heterocycles. The molecule has 198 valence electrons. The van der Waals surface area contributed by atoms with E-state index in [0.29, 0.717) is 41.2 Å². The van der Waals surface area contributed by atoms with Crippen molar-refractivity contribution < 1.29 is 14.3 Å². The predicted octanol–water partition coefficient (Wildman–Crippen LogP) is 4.32. The highest BCUT2D eigenvalue weighted by Gasteiger charge is 2.39. The Kier molecular flexibility index (Phi) is 7.44. The van der Waals surface area contributed by atoms with Crippen LogP contribution in [0, 0.1) is 0 Å². The van der Waals surface area contributed by atoms with E-state index in [9.17, 15) is 9.59 Å². The first-order valence-corrected chi connectivity index (χ1v) is 13.2. The van der Waals surface area contributed by atoms with E-state index in [0.717, 1.165) is 37.9 Å². The van der Waals surface area contributed by atoms with Crippen LogP contribution in [0.2, 0.25) is 0 Å². The fraction of sp³-hybridized carbons (Fsp3) is 0.379. The van der Waals surface area contributed by atoms with Gasteiger partial charge in [-0.15, -0.1) is 0 Å². The summed E-state index contributed by atoms with van der Waals surface area (Å²) in [6.07, 6.45) is 6.87. The van der Waals surface area contributed by atoms with Crippen molar-refractivity contribution >= 4 is 35.0 Å². The summed E-state index contributed by atoms with van der Waals surface area (Å²) in [5.41, 5.74) is 3.04. The van der Waals surface area contributed by atoms with Crippen LogP contribution < -0.4 is 25.2 Å². The molecule has 1 aromatic heterocycles. The second kappa shape index (κ2) is 11.1. The molecule has 2 amide bonds. The number of carbonyl (C=O) groups is 2. The van der Waals surface area contributed by atoms with Gasteiger partial charge in [-0.25, -0.2) is 4.98 Å². The molecule has 0 saturated heterocycles. The van der Waals surface area contributed by atoms with E-state index in [-0.39, 0.29) is 17.9 Å². The van der Waals surface area contributed by atoms with E-state index in [1.165, 1.54) is 5.56 Å². The number of hydrogen-bond acceptors (Lipinski definition) is 7. The van der Waals surface area contributed by atoms with Crippen LogP contribution in [-0.4, -0.2) is 54.6 Å². The highest BCUT2D eigenvalue weighted by atomic mass is 16.5. The van der Waals surface area contributed by atoms with E-state index in [2.05, 4.69) is 20.5 Å². The number of rotatable bonds is 8. The molecule has 9 heteroatoms. The fourth-order valence-electron chi connectivity index (χ4n) is 5.35. The maximum absolute atomic E-state index is 12.9. The van der Waals surface area contributed by atoms with Crippen molar-refractivity contribution in [1.82, 2.24) is 15.3 Å². The average Bonchev–Trinajstić information content (AvgIpc) is 3.47. The number of nitrogens with one attached hydrogen (secondary N) is 2. The molecule has 2 heterocycles. The molecule has 2 aromatic carbocycles. The number of amides is 2. The Balaban J connectivity index is 1.33. The monoisotopic (exact) mass is 514 g/mol. The number of hydrogen-bond donors (Lipinski definition) is 2. The summed E-state index contributed by atoms with van der Waals surface area (Å²) in [5.74, 6) is 1.56. The van der Waals surface area contributed by atoms with Crippen LogP contribution >= 0.6 is 0 Å². The SMILES string of the molecule is COc1cc(C(=O)NCCc2ccccc2)ccc1Nc1ncc2c(n1)N(C1CCCC1)[C@H](C)C(=O)N2C. The molecule has 2 N–H and O–H groups in total. The number of nitrogens with zero attached hydrogens (tertiary/aromatic N) is 4. The minimum Gasteiger partial charge on any atom is -0.495 e. The van der Waals surface area contributed by atoms with Gasteiger partial charge in [0.25, 0.3) is 5.91 Å². The number of benzene rings is 2. The zero-order valence-electron chi connectivity index (χ0n) is 22.1. The van der Waals surface area contributed by atoms with Crippen molar-refractivity contribution in [2.45, 2.75) is 51.1 Å². The van der Waals surface area contributed by atoms with Gasteiger partial charge in [-0.2, -0.15) is 4.98 Å². The summed E-state index contributed by atoms with van der Waals surface area (Å²) in [6.45, 7) is 2.49. The van der Waals surface area contributed by atoms with Gasteiger partial charge in [-0.3, -0.25) is 9.59 Å². The molecule has 0 unspecified atom stereocenters. The van der Waals surface area contributed by atoms with Crippen molar-refractivity contribution in [2.24, 2.45) is 0 Å². The lowest BCUT2D eigenvalue weighted by molar-refractivity contribution is -0.119. The summed E-state index contributed by atoms with van der Waals surface area (Å²) in [4.78, 5) is 38.8. The molecule has 1 aliphatic carbocycles. The zero-order chi connectivity index (χ0) is 26.6. The normalized spacial score (nSPS) is 17.3. The highest BCUT2D eigenvalue weighted by molar-refractivity contribution is 6.04. The Bertz CT molecular complexity index is 1310. The number of methoxy groups -OCH3 is 1. The molecule has 1 saturated carbocycles. The molecule has 9 nitrogen and oxygen atoms in total. The first kappa shape index (κ1) is 25.5. The van der Waals surface area contributed by atoms with Gasteiger partial charge in [-0.05, 0) is 49.9 Å². The number of aromatic nitrogens is 2. The van der Waals surface area contributed by atoms with Gasteiger partial charge < -0.3 is 25.2 Å². The standard InChI is InChI=1S/C29H34N6O3/c1-19-28(37)34(2)24-18-31-29(33-26(24)35(19)22-11-7-8-12-22)32-23-14-13-21(17-25(23)38-3)27(36)30-16-15-20-9-5-4-6-10-20/h4-6,9-10,13-14,17-19,22H,7-8,11-12,15-16H2,1-3H3,(H,30,36)(H,31,32,33)/t19-/m1/s1. The molecule has 38 heavy (non-hydrogen) atoms. The number of ether oxygens (including phenoxy) is 1. The zero-order valence-corrected chi connectivity index (χ0v) is 22.1. The minimum atomic E-state index is -0.285. The van der Waals surface area contributed by atoms with E-state index >= 15 is 0 Å². The molecule has 0 spiro atoms. The number of likely N-dealkylation sites (N-methyl/N-ethyl adjacent to an activating group) is 1. The molecule has 0 radical (unpaired) electrons. The fourth-order valence-corrected chi connectivity index (χ4v) is 5.35. The summed E-state index contributed by atoms with van der Waals surface area (Å²) in [7, 11) is 3.34. The van der Waals surface area contributed by atoms with Gasteiger partial charge >= 0.3 is 0 Å². The van der Waals surface area contributed by atoms with E-state index in [1.54, 1.807) is 43.5 Å². The van der Waals surface area contributed by atoms with Gasteiger partial charge in [-0.1, -0.05) is 43.2 Å². The third kappa shape index (κ3) is 5.14. The Labute approximate surface area is 223 Å². The maximum Gasteiger partial charge on any atom is 0.251 e. The molecule has 3 aromatic rings. The Morgan fingerprint density at radius 3 is 2.63 bits per heavy atom. The minimum absolute atomic E-state index is 0.0491. The highest BCUT2D eigenvalue weighted by Crippen LogP contribution is 2.39. The molecular weight excluding hydrogens is 480 g/mol. The first-order chi connectivity index (χ1) is 18.5. The van der Waals surface area contributed by atoms with Gasteiger partial charge in [0.1, 0.15) is 17.5 Å².